The second-order valence-electron chi connectivity index (χ2n) is 6.50. The van der Waals surface area contributed by atoms with E-state index in [4.69, 9.17) is 4.99 Å². The highest BCUT2D eigenvalue weighted by atomic mass is 32.2. The molecule has 0 saturated heterocycles. The number of amidine groups is 1. The van der Waals surface area contributed by atoms with E-state index in [1.54, 1.807) is 11.8 Å². The van der Waals surface area contributed by atoms with E-state index >= 15 is 0 Å². The topological polar surface area (TPSA) is 15.6 Å². The highest BCUT2D eigenvalue weighted by Gasteiger charge is 2.14. The first-order valence-electron chi connectivity index (χ1n) is 9.49. The van der Waals surface area contributed by atoms with Gasteiger partial charge in [0.1, 0.15) is 5.82 Å². The molecular weight excluding hydrogens is 367 g/mol. The Labute approximate surface area is 171 Å². The van der Waals surface area contributed by atoms with E-state index in [-0.39, 0.29) is 5.82 Å². The van der Waals surface area contributed by atoms with Crippen LogP contribution < -0.4 is 0 Å². The summed E-state index contributed by atoms with van der Waals surface area (Å²) in [5, 5.41) is 1.01. The summed E-state index contributed by atoms with van der Waals surface area (Å²) in [6.07, 6.45) is 0. The van der Waals surface area contributed by atoms with Crippen LogP contribution in [0, 0.1) is 5.82 Å². The number of hydrogen-bond donors (Lipinski definition) is 0. The predicted molar refractivity (Wildman–Crippen MR) is 118 cm³/mol. The van der Waals surface area contributed by atoms with E-state index in [0.29, 0.717) is 0 Å². The highest BCUT2D eigenvalue weighted by molar-refractivity contribution is 8.13. The van der Waals surface area contributed by atoms with Gasteiger partial charge in [0.25, 0.3) is 0 Å². The van der Waals surface area contributed by atoms with Crippen molar-refractivity contribution in [3.05, 3.63) is 107 Å². The van der Waals surface area contributed by atoms with Crippen LogP contribution in [0.4, 0.5) is 4.39 Å². The third-order valence-corrected chi connectivity index (χ3v) is 5.40. The van der Waals surface area contributed by atoms with Crippen molar-refractivity contribution < 1.29 is 4.39 Å². The summed E-state index contributed by atoms with van der Waals surface area (Å²) in [6.45, 7) is 4.38. The molecule has 0 fully saturated rings. The molecular formula is C24H25FN2S. The normalized spacial score (nSPS) is 11.4. The Kier molecular flexibility index (Phi) is 7.68. The van der Waals surface area contributed by atoms with Gasteiger partial charge < -0.3 is 4.90 Å². The summed E-state index contributed by atoms with van der Waals surface area (Å²) in [5.74, 6) is 0.560. The first-order valence-corrected chi connectivity index (χ1v) is 10.5. The van der Waals surface area contributed by atoms with Crippen molar-refractivity contribution in [2.24, 2.45) is 4.99 Å². The molecule has 3 rings (SSSR count). The van der Waals surface area contributed by atoms with Crippen LogP contribution in [-0.2, 0) is 18.8 Å². The van der Waals surface area contributed by atoms with Crippen molar-refractivity contribution in [1.82, 2.24) is 4.90 Å². The van der Waals surface area contributed by atoms with Gasteiger partial charge in [0, 0.05) is 25.4 Å². The third-order valence-electron chi connectivity index (χ3n) is 4.28. The fourth-order valence-electron chi connectivity index (χ4n) is 2.90. The molecule has 0 heterocycles. The minimum absolute atomic E-state index is 0.203. The lowest BCUT2D eigenvalue weighted by atomic mass is 10.2. The second kappa shape index (κ2) is 10.7. The Morgan fingerprint density at radius 3 is 1.82 bits per heavy atom. The van der Waals surface area contributed by atoms with E-state index in [1.807, 2.05) is 24.3 Å². The minimum atomic E-state index is -0.203. The van der Waals surface area contributed by atoms with Gasteiger partial charge >= 0.3 is 0 Å². The Morgan fingerprint density at radius 2 is 1.32 bits per heavy atom. The van der Waals surface area contributed by atoms with Gasteiger partial charge in [0.15, 0.2) is 5.17 Å². The lowest BCUT2D eigenvalue weighted by molar-refractivity contribution is 0.413. The SMILES string of the molecule is CCN=C(SCc1ccc(F)cc1)N(Cc1ccccc1)Cc1ccccc1. The van der Waals surface area contributed by atoms with Crippen LogP contribution in [0.2, 0.25) is 0 Å². The molecule has 0 aliphatic heterocycles. The fraction of sp³-hybridized carbons (Fsp3) is 0.208. The number of hydrogen-bond acceptors (Lipinski definition) is 2. The van der Waals surface area contributed by atoms with E-state index in [9.17, 15) is 4.39 Å². The Bertz CT molecular complexity index is 823. The van der Waals surface area contributed by atoms with Gasteiger partial charge in [0.05, 0.1) is 0 Å². The number of aliphatic imine (C=N–C) groups is 1. The second-order valence-corrected chi connectivity index (χ2v) is 7.44. The molecule has 0 N–H and O–H groups in total. The quantitative estimate of drug-likeness (QED) is 0.355. The van der Waals surface area contributed by atoms with Crippen LogP contribution in [0.3, 0.4) is 0 Å². The van der Waals surface area contributed by atoms with Crippen molar-refractivity contribution in [2.75, 3.05) is 6.54 Å². The van der Waals surface area contributed by atoms with Gasteiger partial charge in [-0.25, -0.2) is 4.39 Å². The highest BCUT2D eigenvalue weighted by Crippen LogP contribution is 2.21. The molecule has 0 saturated carbocycles. The average Bonchev–Trinajstić information content (AvgIpc) is 2.73. The molecule has 0 aromatic heterocycles. The average molecular weight is 393 g/mol. The number of halogens is 1. The van der Waals surface area contributed by atoms with Crippen LogP contribution in [-0.4, -0.2) is 16.6 Å². The third kappa shape index (κ3) is 6.24. The summed E-state index contributed by atoms with van der Waals surface area (Å²) in [6, 6.07) is 27.6. The van der Waals surface area contributed by atoms with Crippen molar-refractivity contribution >= 4 is 16.9 Å². The Balaban J connectivity index is 1.79. The molecule has 2 nitrogen and oxygen atoms in total. The minimum Gasteiger partial charge on any atom is -0.343 e. The summed E-state index contributed by atoms with van der Waals surface area (Å²) in [5.41, 5.74) is 3.60. The molecule has 144 valence electrons. The molecule has 0 aliphatic carbocycles. The lowest BCUT2D eigenvalue weighted by Gasteiger charge is -2.26. The van der Waals surface area contributed by atoms with Crippen LogP contribution in [0.25, 0.3) is 0 Å². The van der Waals surface area contributed by atoms with Crippen LogP contribution in [0.15, 0.2) is 89.9 Å². The van der Waals surface area contributed by atoms with Crippen LogP contribution in [0.1, 0.15) is 23.6 Å². The molecule has 0 spiro atoms. The van der Waals surface area contributed by atoms with Crippen LogP contribution in [0.5, 0.6) is 0 Å². The molecule has 0 bridgehead atoms. The van der Waals surface area contributed by atoms with E-state index in [2.05, 4.69) is 60.4 Å². The molecule has 0 aliphatic rings. The number of rotatable bonds is 7. The monoisotopic (exact) mass is 392 g/mol. The molecule has 0 atom stereocenters. The van der Waals surface area contributed by atoms with Crippen molar-refractivity contribution in [3.8, 4) is 0 Å². The fourth-order valence-corrected chi connectivity index (χ4v) is 3.92. The zero-order valence-electron chi connectivity index (χ0n) is 16.1. The van der Waals surface area contributed by atoms with Gasteiger partial charge in [-0.05, 0) is 35.7 Å². The molecule has 3 aromatic rings. The van der Waals surface area contributed by atoms with E-state index in [0.717, 1.165) is 36.1 Å². The molecule has 0 radical (unpaired) electrons. The zero-order valence-corrected chi connectivity index (χ0v) is 16.9. The molecule has 0 amide bonds. The first-order chi connectivity index (χ1) is 13.7. The molecule has 0 unspecified atom stereocenters. The molecule has 28 heavy (non-hydrogen) atoms. The number of thioether (sulfide) groups is 1. The van der Waals surface area contributed by atoms with E-state index < -0.39 is 0 Å². The Hall–Kier alpha value is -2.59. The summed E-state index contributed by atoms with van der Waals surface area (Å²) in [7, 11) is 0. The van der Waals surface area contributed by atoms with Crippen molar-refractivity contribution in [2.45, 2.75) is 25.8 Å². The summed E-state index contributed by atoms with van der Waals surface area (Å²) < 4.78 is 13.2. The van der Waals surface area contributed by atoms with Gasteiger partial charge in [-0.1, -0.05) is 84.6 Å². The lowest BCUT2D eigenvalue weighted by Crippen LogP contribution is -2.28. The first kappa shape index (κ1) is 20.2. The standard InChI is InChI=1S/C24H25FN2S/c1-2-26-24(28-19-22-13-15-23(25)16-14-22)27(17-20-9-5-3-6-10-20)18-21-11-7-4-8-12-21/h3-16H,2,17-19H2,1H3. The zero-order chi connectivity index (χ0) is 19.6. The summed E-state index contributed by atoms with van der Waals surface area (Å²) in [4.78, 5) is 7.10. The van der Waals surface area contributed by atoms with Crippen LogP contribution >= 0.6 is 11.8 Å². The van der Waals surface area contributed by atoms with E-state index in [1.165, 1.54) is 23.3 Å². The maximum absolute atomic E-state index is 13.2. The van der Waals surface area contributed by atoms with Gasteiger partial charge in [-0.15, -0.1) is 0 Å². The largest absolute Gasteiger partial charge is 0.343 e. The predicted octanol–water partition coefficient (Wildman–Crippen LogP) is 6.14. The van der Waals surface area contributed by atoms with Gasteiger partial charge in [-0.3, -0.25) is 4.99 Å². The van der Waals surface area contributed by atoms with Gasteiger partial charge in [0.2, 0.25) is 0 Å². The van der Waals surface area contributed by atoms with Crippen molar-refractivity contribution in [3.63, 3.8) is 0 Å². The van der Waals surface area contributed by atoms with Gasteiger partial charge in [-0.2, -0.15) is 0 Å². The number of nitrogens with zero attached hydrogens (tertiary/aromatic N) is 2. The summed E-state index contributed by atoms with van der Waals surface area (Å²) >= 11 is 1.71. The number of benzene rings is 3. The maximum Gasteiger partial charge on any atom is 0.160 e. The molecule has 4 heteroatoms. The molecule has 3 aromatic carbocycles. The smallest absolute Gasteiger partial charge is 0.160 e. The maximum atomic E-state index is 13.2. The van der Waals surface area contributed by atoms with Crippen molar-refractivity contribution in [1.29, 1.82) is 0 Å². The Morgan fingerprint density at radius 1 is 0.786 bits per heavy atom.